The van der Waals surface area contributed by atoms with Crippen LogP contribution < -0.4 is 5.32 Å². The summed E-state index contributed by atoms with van der Waals surface area (Å²) in [5.41, 5.74) is -1.23. The Balaban J connectivity index is 2.59. The quantitative estimate of drug-likeness (QED) is 0.861. The normalized spacial score (nSPS) is 10.3. The Bertz CT molecular complexity index is 947. The first-order chi connectivity index (χ1) is 11.8. The second-order valence-electron chi connectivity index (χ2n) is 4.90. The molecule has 6 nitrogen and oxygen atoms in total. The van der Waals surface area contributed by atoms with Crippen molar-refractivity contribution in [3.63, 3.8) is 0 Å². The molecule has 9 heteroatoms. The van der Waals surface area contributed by atoms with Crippen LogP contribution in [-0.4, -0.2) is 9.55 Å². The molecule has 2 aromatic rings. The standard InChI is InChI=1S/C16H9F3N6/c1-10-8-25(9-23-10)14-3-12(16(17,18)19)2-13(4-14)24-15(7-22)11(5-20)6-21/h2-4,8-9,24H,1H3. The van der Waals surface area contributed by atoms with Gasteiger partial charge in [0.05, 0.1) is 17.6 Å². The summed E-state index contributed by atoms with van der Waals surface area (Å²) in [6.07, 6.45) is -1.73. The third-order valence-corrected chi connectivity index (χ3v) is 3.11. The average molecular weight is 342 g/mol. The summed E-state index contributed by atoms with van der Waals surface area (Å²) in [7, 11) is 0. The number of alkyl halides is 3. The molecule has 0 saturated heterocycles. The smallest absolute Gasteiger partial charge is 0.345 e. The van der Waals surface area contributed by atoms with Crippen molar-refractivity contribution in [2.75, 3.05) is 5.32 Å². The summed E-state index contributed by atoms with van der Waals surface area (Å²) >= 11 is 0. The Morgan fingerprint density at radius 3 is 2.28 bits per heavy atom. The first kappa shape index (κ1) is 17.6. The van der Waals surface area contributed by atoms with E-state index >= 15 is 0 Å². The highest BCUT2D eigenvalue weighted by atomic mass is 19.4. The Morgan fingerprint density at radius 1 is 1.12 bits per heavy atom. The Kier molecular flexibility index (Phi) is 4.76. The van der Waals surface area contributed by atoms with Crippen molar-refractivity contribution in [2.24, 2.45) is 0 Å². The average Bonchev–Trinajstić information content (AvgIpc) is 3.00. The number of benzene rings is 1. The zero-order chi connectivity index (χ0) is 18.6. The molecule has 0 spiro atoms. The van der Waals surface area contributed by atoms with Crippen molar-refractivity contribution in [2.45, 2.75) is 13.1 Å². The molecular formula is C16H9F3N6. The number of hydrogen-bond acceptors (Lipinski definition) is 5. The van der Waals surface area contributed by atoms with Gasteiger partial charge in [-0.3, -0.25) is 0 Å². The SMILES string of the molecule is Cc1cn(-c2cc(NC(C#N)=C(C#N)C#N)cc(C(F)(F)F)c2)cn1. The van der Waals surface area contributed by atoms with Crippen LogP contribution in [0.4, 0.5) is 18.9 Å². The van der Waals surface area contributed by atoms with Crippen molar-refractivity contribution in [1.29, 1.82) is 15.8 Å². The lowest BCUT2D eigenvalue weighted by atomic mass is 10.1. The molecule has 25 heavy (non-hydrogen) atoms. The summed E-state index contributed by atoms with van der Waals surface area (Å²) < 4.78 is 40.8. The largest absolute Gasteiger partial charge is 0.416 e. The lowest BCUT2D eigenvalue weighted by molar-refractivity contribution is -0.137. The first-order valence-corrected chi connectivity index (χ1v) is 6.73. The van der Waals surface area contributed by atoms with Gasteiger partial charge in [-0.1, -0.05) is 0 Å². The number of aryl methyl sites for hydroxylation is 1. The van der Waals surface area contributed by atoms with Crippen molar-refractivity contribution in [3.05, 3.63) is 53.3 Å². The lowest BCUT2D eigenvalue weighted by Gasteiger charge is -2.13. The minimum Gasteiger partial charge on any atom is -0.345 e. The van der Waals surface area contributed by atoms with Gasteiger partial charge in [-0.05, 0) is 25.1 Å². The first-order valence-electron chi connectivity index (χ1n) is 6.73. The number of nitrogens with one attached hydrogen (secondary N) is 1. The molecule has 1 aromatic heterocycles. The number of allylic oxidation sites excluding steroid dienone is 2. The molecule has 124 valence electrons. The Hall–Kier alpha value is -3.77. The van der Waals surface area contributed by atoms with Gasteiger partial charge in [-0.25, -0.2) is 4.98 Å². The summed E-state index contributed by atoms with van der Waals surface area (Å²) in [6.45, 7) is 1.69. The highest BCUT2D eigenvalue weighted by molar-refractivity contribution is 5.62. The van der Waals surface area contributed by atoms with E-state index < -0.39 is 23.0 Å². The summed E-state index contributed by atoms with van der Waals surface area (Å²) in [6, 6.07) is 7.69. The van der Waals surface area contributed by atoms with E-state index in [1.165, 1.54) is 35.3 Å². The number of nitriles is 3. The third-order valence-electron chi connectivity index (χ3n) is 3.11. The maximum absolute atomic E-state index is 13.1. The van der Waals surface area contributed by atoms with Gasteiger partial charge in [0.15, 0.2) is 5.57 Å². The maximum Gasteiger partial charge on any atom is 0.416 e. The van der Waals surface area contributed by atoms with Crippen LogP contribution in [0.3, 0.4) is 0 Å². The van der Waals surface area contributed by atoms with Gasteiger partial charge in [0.25, 0.3) is 0 Å². The summed E-state index contributed by atoms with van der Waals surface area (Å²) in [5, 5.41) is 29.1. The molecule has 0 radical (unpaired) electrons. The van der Waals surface area contributed by atoms with Crippen LogP contribution in [0, 0.1) is 40.9 Å². The highest BCUT2D eigenvalue weighted by Gasteiger charge is 2.31. The predicted molar refractivity (Wildman–Crippen MR) is 80.8 cm³/mol. The minimum atomic E-state index is -4.62. The summed E-state index contributed by atoms with van der Waals surface area (Å²) in [5.74, 6) is 0. The lowest BCUT2D eigenvalue weighted by Crippen LogP contribution is -2.09. The van der Waals surface area contributed by atoms with Gasteiger partial charge in [0.1, 0.15) is 23.9 Å². The molecule has 1 heterocycles. The highest BCUT2D eigenvalue weighted by Crippen LogP contribution is 2.33. The van der Waals surface area contributed by atoms with Crippen LogP contribution in [0.2, 0.25) is 0 Å². The molecule has 0 aliphatic rings. The second kappa shape index (κ2) is 6.77. The molecular weight excluding hydrogens is 333 g/mol. The summed E-state index contributed by atoms with van der Waals surface area (Å²) in [4.78, 5) is 3.96. The molecule has 0 amide bonds. The Morgan fingerprint density at radius 2 is 1.80 bits per heavy atom. The van der Waals surface area contributed by atoms with E-state index in [2.05, 4.69) is 10.3 Å². The molecule has 0 bridgehead atoms. The predicted octanol–water partition coefficient (Wildman–Crippen LogP) is 3.44. The number of hydrogen-bond donors (Lipinski definition) is 1. The van der Waals surface area contributed by atoms with Crippen LogP contribution in [-0.2, 0) is 6.18 Å². The molecule has 0 atom stereocenters. The molecule has 2 rings (SSSR count). The van der Waals surface area contributed by atoms with E-state index in [1.54, 1.807) is 13.0 Å². The van der Waals surface area contributed by atoms with E-state index in [1.807, 2.05) is 0 Å². The van der Waals surface area contributed by atoms with E-state index in [9.17, 15) is 13.2 Å². The van der Waals surface area contributed by atoms with Gasteiger partial charge in [0.2, 0.25) is 0 Å². The number of anilines is 1. The molecule has 0 unspecified atom stereocenters. The number of nitrogens with zero attached hydrogens (tertiary/aromatic N) is 5. The topological polar surface area (TPSA) is 101 Å². The fraction of sp³-hybridized carbons (Fsp3) is 0.125. The maximum atomic E-state index is 13.1. The van der Waals surface area contributed by atoms with Crippen LogP contribution in [0.15, 0.2) is 42.0 Å². The van der Waals surface area contributed by atoms with Crippen LogP contribution in [0.25, 0.3) is 5.69 Å². The van der Waals surface area contributed by atoms with Gasteiger partial charge < -0.3 is 9.88 Å². The van der Waals surface area contributed by atoms with Gasteiger partial charge in [-0.2, -0.15) is 29.0 Å². The van der Waals surface area contributed by atoms with Crippen molar-refractivity contribution in [1.82, 2.24) is 9.55 Å². The Labute approximate surface area is 140 Å². The molecule has 1 aromatic carbocycles. The second-order valence-corrected chi connectivity index (χ2v) is 4.90. The fourth-order valence-corrected chi connectivity index (χ4v) is 1.99. The van der Waals surface area contributed by atoms with E-state index in [0.29, 0.717) is 5.69 Å². The number of rotatable bonds is 3. The van der Waals surface area contributed by atoms with Crippen LogP contribution in [0.1, 0.15) is 11.3 Å². The van der Waals surface area contributed by atoms with Gasteiger partial charge in [0, 0.05) is 17.6 Å². The van der Waals surface area contributed by atoms with E-state index in [-0.39, 0.29) is 11.4 Å². The van der Waals surface area contributed by atoms with Crippen molar-refractivity contribution < 1.29 is 13.2 Å². The van der Waals surface area contributed by atoms with E-state index in [0.717, 1.165) is 12.1 Å². The van der Waals surface area contributed by atoms with Crippen LogP contribution in [0.5, 0.6) is 0 Å². The van der Waals surface area contributed by atoms with Gasteiger partial charge >= 0.3 is 6.18 Å². The van der Waals surface area contributed by atoms with Gasteiger partial charge in [-0.15, -0.1) is 0 Å². The number of aromatic nitrogens is 2. The minimum absolute atomic E-state index is 0.0873. The zero-order valence-electron chi connectivity index (χ0n) is 12.8. The monoisotopic (exact) mass is 342 g/mol. The van der Waals surface area contributed by atoms with Crippen molar-refractivity contribution >= 4 is 5.69 Å². The molecule has 0 saturated carbocycles. The fourth-order valence-electron chi connectivity index (χ4n) is 1.99. The zero-order valence-corrected chi connectivity index (χ0v) is 12.8. The van der Waals surface area contributed by atoms with Crippen LogP contribution >= 0.6 is 0 Å². The number of halogens is 3. The molecule has 0 aliphatic heterocycles. The van der Waals surface area contributed by atoms with Crippen molar-refractivity contribution in [3.8, 4) is 23.9 Å². The molecule has 0 aliphatic carbocycles. The molecule has 0 fully saturated rings. The third kappa shape index (κ3) is 3.95. The molecule has 1 N–H and O–H groups in total. The van der Waals surface area contributed by atoms with E-state index in [4.69, 9.17) is 15.8 Å². The number of imidazole rings is 1.